The lowest BCUT2D eigenvalue weighted by Crippen LogP contribution is -2.40. The Kier molecular flexibility index (Phi) is 4.21. The lowest BCUT2D eigenvalue weighted by molar-refractivity contribution is 0.0692. The zero-order valence-electron chi connectivity index (χ0n) is 9.31. The monoisotopic (exact) mass is 253 g/mol. The van der Waals surface area contributed by atoms with Crippen LogP contribution in [0.2, 0.25) is 0 Å². The van der Waals surface area contributed by atoms with E-state index in [1.165, 1.54) is 10.5 Å². The highest BCUT2D eigenvalue weighted by molar-refractivity contribution is 7.98. The molecule has 0 amide bonds. The van der Waals surface area contributed by atoms with Gasteiger partial charge in [0.25, 0.3) is 0 Å². The van der Waals surface area contributed by atoms with Crippen LogP contribution >= 0.6 is 24.0 Å². The van der Waals surface area contributed by atoms with E-state index >= 15 is 0 Å². The number of morpholine rings is 1. The minimum atomic E-state index is 0.779. The second kappa shape index (κ2) is 5.66. The van der Waals surface area contributed by atoms with Gasteiger partial charge in [-0.1, -0.05) is 30.4 Å². The number of thioether (sulfide) groups is 1. The van der Waals surface area contributed by atoms with Gasteiger partial charge in [0, 0.05) is 23.5 Å². The number of benzene rings is 1. The Morgan fingerprint density at radius 3 is 2.69 bits per heavy atom. The summed E-state index contributed by atoms with van der Waals surface area (Å²) in [4.78, 5) is 4.43. The van der Waals surface area contributed by atoms with Gasteiger partial charge < -0.3 is 9.64 Å². The van der Waals surface area contributed by atoms with Crippen LogP contribution in [0.15, 0.2) is 29.2 Å². The molecule has 2 nitrogen and oxygen atoms in total. The van der Waals surface area contributed by atoms with E-state index in [4.69, 9.17) is 17.0 Å². The summed E-state index contributed by atoms with van der Waals surface area (Å²) >= 11 is 7.29. The van der Waals surface area contributed by atoms with Crippen molar-refractivity contribution in [1.29, 1.82) is 0 Å². The fourth-order valence-electron chi connectivity index (χ4n) is 1.76. The summed E-state index contributed by atoms with van der Waals surface area (Å²) < 4.78 is 5.34. The molecule has 1 aromatic rings. The predicted octanol–water partition coefficient (Wildman–Crippen LogP) is 2.42. The van der Waals surface area contributed by atoms with E-state index in [9.17, 15) is 0 Å². The van der Waals surface area contributed by atoms with E-state index in [1.807, 2.05) is 6.07 Å². The molecule has 1 aromatic carbocycles. The Labute approximate surface area is 106 Å². The quantitative estimate of drug-likeness (QED) is 0.592. The lowest BCUT2D eigenvalue weighted by atomic mass is 10.2. The maximum Gasteiger partial charge on any atom is 0.110 e. The zero-order chi connectivity index (χ0) is 11.4. The van der Waals surface area contributed by atoms with Crippen molar-refractivity contribution >= 4 is 29.0 Å². The van der Waals surface area contributed by atoms with Crippen LogP contribution in [-0.2, 0) is 4.74 Å². The Balaban J connectivity index is 2.19. The van der Waals surface area contributed by atoms with Crippen molar-refractivity contribution in [2.75, 3.05) is 32.6 Å². The van der Waals surface area contributed by atoms with Crippen LogP contribution in [0.3, 0.4) is 0 Å². The first kappa shape index (κ1) is 11.9. The minimum Gasteiger partial charge on any atom is -0.378 e. The highest BCUT2D eigenvalue weighted by Gasteiger charge is 2.16. The predicted molar refractivity (Wildman–Crippen MR) is 72.3 cm³/mol. The van der Waals surface area contributed by atoms with Gasteiger partial charge in [-0.2, -0.15) is 0 Å². The van der Waals surface area contributed by atoms with Gasteiger partial charge in [-0.25, -0.2) is 0 Å². The van der Waals surface area contributed by atoms with Gasteiger partial charge in [0.1, 0.15) is 4.99 Å². The maximum absolute atomic E-state index is 5.55. The van der Waals surface area contributed by atoms with E-state index in [-0.39, 0.29) is 0 Å². The first-order chi connectivity index (χ1) is 7.83. The molecule has 1 fully saturated rings. The molecule has 0 atom stereocenters. The Morgan fingerprint density at radius 1 is 1.31 bits per heavy atom. The second-order valence-corrected chi connectivity index (χ2v) is 4.84. The minimum absolute atomic E-state index is 0.779. The summed E-state index contributed by atoms with van der Waals surface area (Å²) in [7, 11) is 0. The van der Waals surface area contributed by atoms with Gasteiger partial charge in [0.15, 0.2) is 0 Å². The second-order valence-electron chi connectivity index (χ2n) is 3.60. The van der Waals surface area contributed by atoms with Gasteiger partial charge in [-0.05, 0) is 12.3 Å². The van der Waals surface area contributed by atoms with Crippen LogP contribution < -0.4 is 0 Å². The molecule has 0 bridgehead atoms. The molecular formula is C12H15NOS2. The van der Waals surface area contributed by atoms with Crippen molar-refractivity contribution < 1.29 is 4.74 Å². The number of hydrogen-bond acceptors (Lipinski definition) is 3. The van der Waals surface area contributed by atoms with Gasteiger partial charge >= 0.3 is 0 Å². The molecule has 0 N–H and O–H groups in total. The zero-order valence-corrected chi connectivity index (χ0v) is 10.9. The van der Waals surface area contributed by atoms with Crippen LogP contribution in [-0.4, -0.2) is 42.4 Å². The molecule has 16 heavy (non-hydrogen) atoms. The summed E-state index contributed by atoms with van der Waals surface area (Å²) in [5.74, 6) is 0. The molecular weight excluding hydrogens is 238 g/mol. The number of rotatable bonds is 2. The average molecular weight is 253 g/mol. The average Bonchev–Trinajstić information content (AvgIpc) is 2.39. The molecule has 0 spiro atoms. The standard InChI is InChI=1S/C12H15NOS2/c1-16-11-5-3-2-4-10(11)12(15)13-6-8-14-9-7-13/h2-5H,6-9H2,1H3. The Morgan fingerprint density at radius 2 is 2.00 bits per heavy atom. The van der Waals surface area contributed by atoms with E-state index in [0.717, 1.165) is 31.3 Å². The van der Waals surface area contributed by atoms with E-state index < -0.39 is 0 Å². The number of nitrogens with zero attached hydrogens (tertiary/aromatic N) is 1. The molecule has 0 aromatic heterocycles. The third-order valence-electron chi connectivity index (χ3n) is 2.64. The first-order valence-electron chi connectivity index (χ1n) is 5.33. The first-order valence-corrected chi connectivity index (χ1v) is 6.96. The Bertz CT molecular complexity index is 375. The number of thiocarbonyl (C=S) groups is 1. The summed E-state index contributed by atoms with van der Waals surface area (Å²) in [6, 6.07) is 8.31. The lowest BCUT2D eigenvalue weighted by Gasteiger charge is -2.29. The molecule has 0 aliphatic carbocycles. The smallest absolute Gasteiger partial charge is 0.110 e. The van der Waals surface area contributed by atoms with E-state index in [2.05, 4.69) is 29.4 Å². The highest BCUT2D eigenvalue weighted by atomic mass is 32.2. The SMILES string of the molecule is CSc1ccccc1C(=S)N1CCOCC1. The largest absolute Gasteiger partial charge is 0.378 e. The molecule has 86 valence electrons. The van der Waals surface area contributed by atoms with Crippen molar-refractivity contribution in [2.24, 2.45) is 0 Å². The van der Waals surface area contributed by atoms with Crippen molar-refractivity contribution in [1.82, 2.24) is 4.90 Å². The molecule has 4 heteroatoms. The maximum atomic E-state index is 5.55. The third-order valence-corrected chi connectivity index (χ3v) is 3.91. The van der Waals surface area contributed by atoms with Crippen molar-refractivity contribution in [3.63, 3.8) is 0 Å². The highest BCUT2D eigenvalue weighted by Crippen LogP contribution is 2.22. The molecule has 0 unspecified atom stereocenters. The molecule has 1 aliphatic rings. The van der Waals surface area contributed by atoms with Gasteiger partial charge in [0.2, 0.25) is 0 Å². The number of hydrogen-bond donors (Lipinski definition) is 0. The van der Waals surface area contributed by atoms with Crippen LogP contribution in [0.4, 0.5) is 0 Å². The van der Waals surface area contributed by atoms with Crippen molar-refractivity contribution in [3.8, 4) is 0 Å². The van der Waals surface area contributed by atoms with E-state index in [1.54, 1.807) is 11.8 Å². The molecule has 0 radical (unpaired) electrons. The van der Waals surface area contributed by atoms with Crippen molar-refractivity contribution in [3.05, 3.63) is 29.8 Å². The van der Waals surface area contributed by atoms with Gasteiger partial charge in [0.05, 0.1) is 13.2 Å². The Hall–Kier alpha value is -0.580. The van der Waals surface area contributed by atoms with Crippen LogP contribution in [0.1, 0.15) is 5.56 Å². The number of ether oxygens (including phenoxy) is 1. The summed E-state index contributed by atoms with van der Waals surface area (Å²) in [5.41, 5.74) is 1.17. The van der Waals surface area contributed by atoms with Gasteiger partial charge in [-0.3, -0.25) is 0 Å². The molecule has 1 aliphatic heterocycles. The molecule has 1 heterocycles. The molecule has 0 saturated carbocycles. The van der Waals surface area contributed by atoms with Crippen LogP contribution in [0.25, 0.3) is 0 Å². The van der Waals surface area contributed by atoms with Gasteiger partial charge in [-0.15, -0.1) is 11.8 Å². The fourth-order valence-corrected chi connectivity index (χ4v) is 2.78. The fraction of sp³-hybridized carbons (Fsp3) is 0.417. The normalized spacial score (nSPS) is 16.2. The topological polar surface area (TPSA) is 12.5 Å². The molecule has 1 saturated heterocycles. The van der Waals surface area contributed by atoms with Crippen LogP contribution in [0, 0.1) is 0 Å². The summed E-state index contributed by atoms with van der Waals surface area (Å²) in [6.45, 7) is 3.37. The van der Waals surface area contributed by atoms with E-state index in [0.29, 0.717) is 0 Å². The van der Waals surface area contributed by atoms with Crippen molar-refractivity contribution in [2.45, 2.75) is 4.90 Å². The van der Waals surface area contributed by atoms with Crippen LogP contribution in [0.5, 0.6) is 0 Å². The summed E-state index contributed by atoms with van der Waals surface area (Å²) in [6.07, 6.45) is 2.08. The summed E-state index contributed by atoms with van der Waals surface area (Å²) in [5, 5.41) is 0. The third kappa shape index (κ3) is 2.56. The molecule has 2 rings (SSSR count).